The van der Waals surface area contributed by atoms with Crippen molar-refractivity contribution < 1.29 is 9.32 Å². The van der Waals surface area contributed by atoms with Gasteiger partial charge in [0.15, 0.2) is 11.5 Å². The molecule has 2 aromatic heterocycles. The van der Waals surface area contributed by atoms with Crippen LogP contribution >= 0.6 is 11.3 Å². The van der Waals surface area contributed by atoms with Gasteiger partial charge in [0.25, 0.3) is 5.91 Å². The summed E-state index contributed by atoms with van der Waals surface area (Å²) in [6.45, 7) is 5.88. The lowest BCUT2D eigenvalue weighted by Crippen LogP contribution is -2.31. The number of fused-ring (bicyclic) bond motifs is 3. The molecule has 1 N–H and O–H groups in total. The van der Waals surface area contributed by atoms with Crippen molar-refractivity contribution >= 4 is 17.2 Å². The van der Waals surface area contributed by atoms with Gasteiger partial charge in [-0.2, -0.15) is 0 Å². The second kappa shape index (κ2) is 7.76. The third-order valence-corrected chi connectivity index (χ3v) is 7.02. The standard InChI is InChI=1S/C23H25N3O2S/c1-15-2-4-16(5-3-15)13-26-10-8-17(14-26)12-24-23(27)21-19-6-7-20-18(9-11-29-20)22(19)28-25-21/h2-5,9,11,17H,6-8,10,12-14H2,1H3,(H,24,27). The van der Waals surface area contributed by atoms with Crippen LogP contribution in [0.5, 0.6) is 0 Å². The number of nitrogens with zero attached hydrogens (tertiary/aromatic N) is 2. The van der Waals surface area contributed by atoms with E-state index >= 15 is 0 Å². The fraction of sp³-hybridized carbons (Fsp3) is 0.391. The van der Waals surface area contributed by atoms with Gasteiger partial charge in [0.05, 0.1) is 0 Å². The first-order chi connectivity index (χ1) is 14.2. The molecule has 1 unspecified atom stereocenters. The van der Waals surface area contributed by atoms with Gasteiger partial charge in [-0.25, -0.2) is 0 Å². The molecular formula is C23H25N3O2S. The number of nitrogens with one attached hydrogen (secondary N) is 1. The Morgan fingerprint density at radius 1 is 1.28 bits per heavy atom. The highest BCUT2D eigenvalue weighted by Crippen LogP contribution is 2.38. The summed E-state index contributed by atoms with van der Waals surface area (Å²) in [4.78, 5) is 16.5. The molecule has 0 bridgehead atoms. The van der Waals surface area contributed by atoms with E-state index in [9.17, 15) is 4.79 Å². The quantitative estimate of drug-likeness (QED) is 0.693. The Morgan fingerprint density at radius 3 is 3.00 bits per heavy atom. The number of likely N-dealkylation sites (tertiary alicyclic amines) is 1. The van der Waals surface area contributed by atoms with Gasteiger partial charge in [-0.1, -0.05) is 35.0 Å². The maximum atomic E-state index is 12.7. The zero-order valence-electron chi connectivity index (χ0n) is 16.6. The summed E-state index contributed by atoms with van der Waals surface area (Å²) in [5.41, 5.74) is 5.17. The van der Waals surface area contributed by atoms with Crippen molar-refractivity contribution in [3.8, 4) is 11.3 Å². The predicted molar refractivity (Wildman–Crippen MR) is 114 cm³/mol. The summed E-state index contributed by atoms with van der Waals surface area (Å²) in [6, 6.07) is 10.8. The fourth-order valence-corrected chi connectivity index (χ4v) is 5.28. The van der Waals surface area contributed by atoms with Crippen LogP contribution in [0.1, 0.15) is 38.5 Å². The lowest BCUT2D eigenvalue weighted by molar-refractivity contribution is 0.0937. The Hall–Kier alpha value is -2.44. The first kappa shape index (κ1) is 18.6. The Balaban J connectivity index is 1.17. The zero-order chi connectivity index (χ0) is 19.8. The third-order valence-electron chi connectivity index (χ3n) is 6.04. The van der Waals surface area contributed by atoms with Gasteiger partial charge in [-0.3, -0.25) is 9.69 Å². The molecule has 6 heteroatoms. The average molecular weight is 408 g/mol. The van der Waals surface area contributed by atoms with E-state index < -0.39 is 0 Å². The second-order valence-corrected chi connectivity index (χ2v) is 9.18. The molecule has 5 rings (SSSR count). The third kappa shape index (κ3) is 3.74. The minimum absolute atomic E-state index is 0.106. The topological polar surface area (TPSA) is 58.4 Å². The van der Waals surface area contributed by atoms with Crippen molar-refractivity contribution in [2.75, 3.05) is 19.6 Å². The van der Waals surface area contributed by atoms with Crippen LogP contribution in [0.15, 0.2) is 40.2 Å². The molecule has 150 valence electrons. The first-order valence-electron chi connectivity index (χ1n) is 10.3. The van der Waals surface area contributed by atoms with E-state index in [0.717, 1.165) is 55.8 Å². The lowest BCUT2D eigenvalue weighted by Gasteiger charge is -2.16. The van der Waals surface area contributed by atoms with E-state index in [1.165, 1.54) is 16.0 Å². The number of amides is 1. The molecule has 0 radical (unpaired) electrons. The maximum Gasteiger partial charge on any atom is 0.273 e. The highest BCUT2D eigenvalue weighted by molar-refractivity contribution is 7.10. The van der Waals surface area contributed by atoms with Crippen molar-refractivity contribution in [2.45, 2.75) is 32.7 Å². The molecule has 3 aromatic rings. The van der Waals surface area contributed by atoms with Crippen LogP contribution in [-0.4, -0.2) is 35.6 Å². The van der Waals surface area contributed by atoms with Crippen LogP contribution in [0.2, 0.25) is 0 Å². The van der Waals surface area contributed by atoms with E-state index in [-0.39, 0.29) is 5.91 Å². The van der Waals surface area contributed by atoms with E-state index in [0.29, 0.717) is 18.2 Å². The van der Waals surface area contributed by atoms with Crippen molar-refractivity contribution in [1.29, 1.82) is 0 Å². The van der Waals surface area contributed by atoms with E-state index in [1.807, 2.05) is 0 Å². The number of hydrogen-bond donors (Lipinski definition) is 1. The monoisotopic (exact) mass is 407 g/mol. The van der Waals surface area contributed by atoms with Crippen LogP contribution in [-0.2, 0) is 19.4 Å². The summed E-state index contributed by atoms with van der Waals surface area (Å²) >= 11 is 1.74. The van der Waals surface area contributed by atoms with Crippen LogP contribution < -0.4 is 5.32 Å². The van der Waals surface area contributed by atoms with Gasteiger partial charge in [-0.05, 0) is 55.7 Å². The molecule has 3 heterocycles. The molecule has 0 spiro atoms. The molecule has 2 aliphatic rings. The normalized spacial score (nSPS) is 18.4. The molecule has 5 nitrogen and oxygen atoms in total. The van der Waals surface area contributed by atoms with Gasteiger partial charge in [0.1, 0.15) is 0 Å². The molecule has 1 aromatic carbocycles. The highest BCUT2D eigenvalue weighted by atomic mass is 32.1. The number of hydrogen-bond acceptors (Lipinski definition) is 5. The number of carbonyl (C=O) groups is 1. The van der Waals surface area contributed by atoms with Gasteiger partial charge in [-0.15, -0.1) is 11.3 Å². The molecule has 1 fully saturated rings. The second-order valence-electron chi connectivity index (χ2n) is 8.18. The molecule has 1 amide bonds. The SMILES string of the molecule is Cc1ccc(CN2CCC(CNC(=O)c3noc4c3CCc3sccc3-4)C2)cc1. The summed E-state index contributed by atoms with van der Waals surface area (Å²) < 4.78 is 5.54. The Kier molecular flexibility index (Phi) is 4.97. The molecule has 29 heavy (non-hydrogen) atoms. The van der Waals surface area contributed by atoms with Crippen LogP contribution in [0.25, 0.3) is 11.3 Å². The number of benzene rings is 1. The molecule has 1 atom stereocenters. The summed E-state index contributed by atoms with van der Waals surface area (Å²) in [5, 5.41) is 9.28. The fourth-order valence-electron chi connectivity index (χ4n) is 4.40. The smallest absolute Gasteiger partial charge is 0.273 e. The largest absolute Gasteiger partial charge is 0.355 e. The first-order valence-corrected chi connectivity index (χ1v) is 11.2. The number of aryl methyl sites for hydroxylation is 2. The minimum atomic E-state index is -0.106. The number of thiophene rings is 1. The van der Waals surface area contributed by atoms with E-state index in [4.69, 9.17) is 4.52 Å². The zero-order valence-corrected chi connectivity index (χ0v) is 17.4. The molecule has 1 saturated heterocycles. The maximum absolute atomic E-state index is 12.7. The van der Waals surface area contributed by atoms with Crippen LogP contribution in [0.3, 0.4) is 0 Å². The molecule has 1 aliphatic carbocycles. The lowest BCUT2D eigenvalue weighted by atomic mass is 9.95. The van der Waals surface area contributed by atoms with Crippen molar-refractivity contribution in [3.05, 3.63) is 63.0 Å². The van der Waals surface area contributed by atoms with E-state index in [2.05, 4.69) is 58.0 Å². The number of rotatable bonds is 5. The summed E-state index contributed by atoms with van der Waals surface area (Å²) in [7, 11) is 0. The van der Waals surface area contributed by atoms with Crippen molar-refractivity contribution in [1.82, 2.24) is 15.4 Å². The number of aromatic nitrogens is 1. The van der Waals surface area contributed by atoms with Crippen LogP contribution in [0.4, 0.5) is 0 Å². The van der Waals surface area contributed by atoms with Gasteiger partial charge < -0.3 is 9.84 Å². The Labute approximate surface area is 174 Å². The average Bonchev–Trinajstić information content (AvgIpc) is 3.46. The van der Waals surface area contributed by atoms with Gasteiger partial charge in [0.2, 0.25) is 0 Å². The molecular weight excluding hydrogens is 382 g/mol. The van der Waals surface area contributed by atoms with Crippen molar-refractivity contribution in [3.63, 3.8) is 0 Å². The van der Waals surface area contributed by atoms with E-state index in [1.54, 1.807) is 11.3 Å². The summed E-state index contributed by atoms with van der Waals surface area (Å²) in [5.74, 6) is 1.16. The number of carbonyl (C=O) groups excluding carboxylic acids is 1. The van der Waals surface area contributed by atoms with Crippen molar-refractivity contribution in [2.24, 2.45) is 5.92 Å². The Bertz CT molecular complexity index is 1020. The summed E-state index contributed by atoms with van der Waals surface area (Å²) in [6.07, 6.45) is 2.89. The van der Waals surface area contributed by atoms with Crippen LogP contribution in [0, 0.1) is 12.8 Å². The minimum Gasteiger partial charge on any atom is -0.355 e. The van der Waals surface area contributed by atoms with Gasteiger partial charge in [0, 0.05) is 35.6 Å². The molecule has 1 aliphatic heterocycles. The molecule has 0 saturated carbocycles. The predicted octanol–water partition coefficient (Wildman–Crippen LogP) is 4.06. The Morgan fingerprint density at radius 2 is 2.14 bits per heavy atom. The van der Waals surface area contributed by atoms with Gasteiger partial charge >= 0.3 is 0 Å². The highest BCUT2D eigenvalue weighted by Gasteiger charge is 2.29.